The first-order chi connectivity index (χ1) is 14.2. The van der Waals surface area contributed by atoms with E-state index < -0.39 is 0 Å². The van der Waals surface area contributed by atoms with Crippen LogP contribution in [0.3, 0.4) is 0 Å². The highest BCUT2D eigenvalue weighted by molar-refractivity contribution is 6.32. The monoisotopic (exact) mass is 417 g/mol. The zero-order chi connectivity index (χ0) is 20.0. The highest BCUT2D eigenvalue weighted by atomic mass is 35.5. The molecular formula is C20H24ClN5O3. The van der Waals surface area contributed by atoms with Gasteiger partial charge in [0.15, 0.2) is 0 Å². The predicted molar refractivity (Wildman–Crippen MR) is 107 cm³/mol. The van der Waals surface area contributed by atoms with Gasteiger partial charge >= 0.3 is 6.03 Å². The van der Waals surface area contributed by atoms with Crippen LogP contribution >= 0.6 is 11.6 Å². The molecular weight excluding hydrogens is 394 g/mol. The summed E-state index contributed by atoms with van der Waals surface area (Å²) in [6.45, 7) is 4.84. The van der Waals surface area contributed by atoms with Crippen molar-refractivity contribution in [3.8, 4) is 17.1 Å². The molecule has 1 amide bonds. The number of hydrogen-bond acceptors (Lipinski definition) is 6. The number of rotatable bonds is 2. The Morgan fingerprint density at radius 3 is 2.86 bits per heavy atom. The summed E-state index contributed by atoms with van der Waals surface area (Å²) in [5, 5.41) is 5.15. The van der Waals surface area contributed by atoms with Crippen LogP contribution in [0.5, 0.6) is 5.88 Å². The second-order valence-corrected chi connectivity index (χ2v) is 8.16. The van der Waals surface area contributed by atoms with Crippen LogP contribution in [0.2, 0.25) is 5.02 Å². The lowest BCUT2D eigenvalue weighted by Crippen LogP contribution is -2.44. The van der Waals surface area contributed by atoms with Crippen molar-refractivity contribution in [3.63, 3.8) is 0 Å². The third kappa shape index (κ3) is 3.29. The Morgan fingerprint density at radius 2 is 2.10 bits per heavy atom. The van der Waals surface area contributed by atoms with Crippen LogP contribution in [0.4, 0.5) is 4.79 Å². The molecule has 154 valence electrons. The van der Waals surface area contributed by atoms with E-state index >= 15 is 0 Å². The highest BCUT2D eigenvalue weighted by Crippen LogP contribution is 2.33. The molecule has 2 aromatic heterocycles. The third-order valence-electron chi connectivity index (χ3n) is 6.18. The van der Waals surface area contributed by atoms with E-state index in [4.69, 9.17) is 26.2 Å². The van der Waals surface area contributed by atoms with E-state index in [1.54, 1.807) is 16.9 Å². The quantitative estimate of drug-likeness (QED) is 0.747. The second-order valence-electron chi connectivity index (χ2n) is 7.75. The van der Waals surface area contributed by atoms with Gasteiger partial charge in [-0.1, -0.05) is 11.6 Å². The number of carbonyl (C=O) groups excluding carboxylic acids is 1. The number of pyridine rings is 1. The zero-order valence-corrected chi connectivity index (χ0v) is 17.2. The first-order valence-electron chi connectivity index (χ1n) is 10.1. The lowest BCUT2D eigenvalue weighted by molar-refractivity contribution is 0.108. The lowest BCUT2D eigenvalue weighted by atomic mass is 10.0. The summed E-state index contributed by atoms with van der Waals surface area (Å²) in [4.78, 5) is 22.2. The first-order valence-corrected chi connectivity index (χ1v) is 10.4. The van der Waals surface area contributed by atoms with E-state index in [1.807, 2.05) is 4.90 Å². The Balaban J connectivity index is 1.54. The summed E-state index contributed by atoms with van der Waals surface area (Å²) >= 11 is 6.28. The van der Waals surface area contributed by atoms with Crippen molar-refractivity contribution in [2.75, 3.05) is 39.9 Å². The molecule has 6 heterocycles. The van der Waals surface area contributed by atoms with Crippen molar-refractivity contribution in [1.82, 2.24) is 24.6 Å². The number of amides is 1. The Bertz CT molecular complexity index is 938. The van der Waals surface area contributed by atoms with E-state index in [2.05, 4.69) is 9.88 Å². The smallest absolute Gasteiger partial charge is 0.345 e. The van der Waals surface area contributed by atoms with Gasteiger partial charge in [0.2, 0.25) is 5.88 Å². The first kappa shape index (κ1) is 18.8. The molecule has 4 aliphatic heterocycles. The molecule has 8 nitrogen and oxygen atoms in total. The van der Waals surface area contributed by atoms with Gasteiger partial charge in [0, 0.05) is 56.0 Å². The summed E-state index contributed by atoms with van der Waals surface area (Å²) in [6, 6.07) is 2.04. The minimum Gasteiger partial charge on any atom is -0.480 e. The Hall–Kier alpha value is -2.16. The second kappa shape index (κ2) is 7.59. The fourth-order valence-electron chi connectivity index (χ4n) is 4.59. The topological polar surface area (TPSA) is 72.7 Å². The largest absolute Gasteiger partial charge is 0.480 e. The number of fused-ring (bicyclic) bond motifs is 5. The maximum Gasteiger partial charge on any atom is 0.345 e. The summed E-state index contributed by atoms with van der Waals surface area (Å²) in [6.07, 6.45) is 4.40. The lowest BCUT2D eigenvalue weighted by Gasteiger charge is -2.31. The van der Waals surface area contributed by atoms with Gasteiger partial charge in [-0.3, -0.25) is 0 Å². The fourth-order valence-corrected chi connectivity index (χ4v) is 4.84. The molecule has 0 saturated carbocycles. The Labute approximate surface area is 174 Å². The van der Waals surface area contributed by atoms with Crippen LogP contribution < -0.4 is 4.74 Å². The molecule has 4 aliphatic rings. The molecule has 0 N–H and O–H groups in total. The van der Waals surface area contributed by atoms with Crippen molar-refractivity contribution < 1.29 is 14.3 Å². The Kier molecular flexibility index (Phi) is 4.93. The van der Waals surface area contributed by atoms with Gasteiger partial charge in [-0.15, -0.1) is 0 Å². The molecule has 0 aromatic carbocycles. The van der Waals surface area contributed by atoms with Gasteiger partial charge in [-0.05, 0) is 18.9 Å². The Morgan fingerprint density at radius 1 is 1.28 bits per heavy atom. The maximum atomic E-state index is 13.5. The number of aromatic nitrogens is 3. The van der Waals surface area contributed by atoms with E-state index in [9.17, 15) is 4.79 Å². The number of ether oxygens (including phenoxy) is 2. The van der Waals surface area contributed by atoms with Gasteiger partial charge in [0.05, 0.1) is 26.0 Å². The molecule has 0 unspecified atom stereocenters. The number of hydrogen-bond donors (Lipinski definition) is 0. The average Bonchev–Trinajstić information content (AvgIpc) is 2.88. The van der Waals surface area contributed by atoms with Gasteiger partial charge in [0.1, 0.15) is 10.7 Å². The third-order valence-corrected chi connectivity index (χ3v) is 6.45. The van der Waals surface area contributed by atoms with Crippen molar-refractivity contribution in [2.24, 2.45) is 0 Å². The van der Waals surface area contributed by atoms with Crippen LogP contribution in [-0.2, 0) is 17.8 Å². The zero-order valence-electron chi connectivity index (χ0n) is 16.4. The van der Waals surface area contributed by atoms with Gasteiger partial charge < -0.3 is 19.3 Å². The van der Waals surface area contributed by atoms with Crippen LogP contribution in [0.1, 0.15) is 24.1 Å². The van der Waals surface area contributed by atoms with Crippen LogP contribution in [-0.4, -0.2) is 76.5 Å². The summed E-state index contributed by atoms with van der Waals surface area (Å²) in [5.41, 5.74) is 3.33. The van der Waals surface area contributed by atoms with Crippen LogP contribution in [0, 0.1) is 0 Å². The molecule has 2 bridgehead atoms. The number of carbonyl (C=O) groups is 1. The molecule has 3 saturated heterocycles. The molecule has 6 rings (SSSR count). The van der Waals surface area contributed by atoms with Crippen molar-refractivity contribution in [2.45, 2.75) is 31.9 Å². The fraction of sp³-hybridized carbons (Fsp3) is 0.550. The van der Waals surface area contributed by atoms with Gasteiger partial charge in [-0.25, -0.2) is 9.78 Å². The van der Waals surface area contributed by atoms with E-state index in [1.165, 1.54) is 7.11 Å². The molecule has 0 spiro atoms. The van der Waals surface area contributed by atoms with Crippen LogP contribution in [0.15, 0.2) is 12.3 Å². The summed E-state index contributed by atoms with van der Waals surface area (Å²) < 4.78 is 12.4. The van der Waals surface area contributed by atoms with Crippen LogP contribution in [0.25, 0.3) is 11.3 Å². The number of methoxy groups -OCH3 is 1. The number of nitrogens with zero attached hydrogens (tertiary/aromatic N) is 5. The van der Waals surface area contributed by atoms with Gasteiger partial charge in [-0.2, -0.15) is 9.78 Å². The molecule has 0 aliphatic carbocycles. The summed E-state index contributed by atoms with van der Waals surface area (Å²) in [5.74, 6) is 0.367. The summed E-state index contributed by atoms with van der Waals surface area (Å²) in [7, 11) is 1.53. The normalized spacial score (nSPS) is 23.6. The SMILES string of the molecule is COc1ncc(-c2nn(C(=O)N3CCN4CCC3CC4)c3c2COCC3)cc1Cl. The molecule has 3 fully saturated rings. The molecule has 0 atom stereocenters. The molecule has 29 heavy (non-hydrogen) atoms. The van der Waals surface area contributed by atoms with E-state index in [0.717, 1.165) is 55.8 Å². The molecule has 2 aromatic rings. The number of piperidine rings is 1. The van der Waals surface area contributed by atoms with E-state index in [0.29, 0.717) is 42.3 Å². The van der Waals surface area contributed by atoms with Crippen molar-refractivity contribution in [1.29, 1.82) is 0 Å². The molecule has 9 heteroatoms. The van der Waals surface area contributed by atoms with Crippen molar-refractivity contribution in [3.05, 3.63) is 28.5 Å². The van der Waals surface area contributed by atoms with Crippen molar-refractivity contribution >= 4 is 17.6 Å². The minimum absolute atomic E-state index is 0.0317. The standard InChI is InChI=1S/C20H24ClN5O3/c1-28-19-16(21)10-13(11-22-19)18-15-12-29-9-4-17(15)26(23-18)20(27)25-8-7-24-5-2-14(25)3-6-24/h10-11,14H,2-9,12H2,1H3. The van der Waals surface area contributed by atoms with Gasteiger partial charge in [0.25, 0.3) is 0 Å². The molecule has 0 radical (unpaired) electrons. The predicted octanol–water partition coefficient (Wildman–Crippen LogP) is 2.43. The highest BCUT2D eigenvalue weighted by Gasteiger charge is 2.35. The number of halogens is 1. The van der Waals surface area contributed by atoms with E-state index in [-0.39, 0.29) is 6.03 Å². The minimum atomic E-state index is -0.0317. The average molecular weight is 418 g/mol. The maximum absolute atomic E-state index is 13.5.